The van der Waals surface area contributed by atoms with Crippen LogP contribution in [0, 0.1) is 18.3 Å². The van der Waals surface area contributed by atoms with E-state index in [1.165, 1.54) is 0 Å². The van der Waals surface area contributed by atoms with Crippen LogP contribution in [0.15, 0.2) is 6.33 Å². The van der Waals surface area contributed by atoms with Crippen molar-refractivity contribution in [3.63, 3.8) is 0 Å². The number of aliphatic hydroxyl groups is 2. The third kappa shape index (κ3) is 3.03. The van der Waals surface area contributed by atoms with E-state index < -0.39 is 6.10 Å². The van der Waals surface area contributed by atoms with Gasteiger partial charge in [-0.3, -0.25) is 0 Å². The Labute approximate surface area is 136 Å². The molecule has 1 saturated carbocycles. The molecule has 1 aliphatic carbocycles. The fourth-order valence-electron chi connectivity index (χ4n) is 3.03. The molecule has 3 atom stereocenters. The predicted molar refractivity (Wildman–Crippen MR) is 90.3 cm³/mol. The number of aryl methyl sites for hydroxylation is 1. The minimum atomic E-state index is -0.608. The first kappa shape index (κ1) is 17.6. The molecule has 0 bridgehead atoms. The normalized spacial score (nSPS) is 24.0. The zero-order chi connectivity index (χ0) is 17.2. The first-order valence-electron chi connectivity index (χ1n) is 8.18. The summed E-state index contributed by atoms with van der Waals surface area (Å²) < 4.78 is 1.83. The number of aliphatic hydroxyl groups excluding tert-OH is 2. The highest BCUT2D eigenvalue weighted by molar-refractivity contribution is 5.82. The smallest absolute Gasteiger partial charge is 0.165 e. The fraction of sp³-hybridized carbons (Fsp3) is 0.688. The molecular formula is C16H27N5O2. The van der Waals surface area contributed by atoms with Crippen LogP contribution in [0.3, 0.4) is 0 Å². The van der Waals surface area contributed by atoms with Gasteiger partial charge in [-0.25, -0.2) is 15.0 Å². The quantitative estimate of drug-likeness (QED) is 0.774. The van der Waals surface area contributed by atoms with Crippen molar-refractivity contribution in [3.8, 4) is 0 Å². The molecule has 128 valence electrons. The largest absolute Gasteiger partial charge is 0.396 e. The summed E-state index contributed by atoms with van der Waals surface area (Å²) in [6.45, 7) is 8.27. The van der Waals surface area contributed by atoms with Gasteiger partial charge < -0.3 is 20.1 Å². The van der Waals surface area contributed by atoms with Crippen LogP contribution in [-0.4, -0.2) is 49.5 Å². The third-order valence-electron chi connectivity index (χ3n) is 4.65. The van der Waals surface area contributed by atoms with Gasteiger partial charge in [0.25, 0.3) is 0 Å². The molecule has 2 heterocycles. The summed E-state index contributed by atoms with van der Waals surface area (Å²) in [5.74, 6) is 1.68. The molecule has 0 saturated heterocycles. The van der Waals surface area contributed by atoms with E-state index in [0.717, 1.165) is 6.42 Å². The molecule has 2 aromatic rings. The molecule has 1 aliphatic rings. The third-order valence-corrected chi connectivity index (χ3v) is 4.65. The van der Waals surface area contributed by atoms with Crippen molar-refractivity contribution in [2.24, 2.45) is 11.3 Å². The van der Waals surface area contributed by atoms with E-state index in [2.05, 4.69) is 27.2 Å². The second kappa shape index (κ2) is 6.80. The monoisotopic (exact) mass is 321 g/mol. The summed E-state index contributed by atoms with van der Waals surface area (Å²) in [4.78, 5) is 13.1. The minimum Gasteiger partial charge on any atom is -0.396 e. The van der Waals surface area contributed by atoms with Gasteiger partial charge in [0.15, 0.2) is 11.5 Å². The lowest BCUT2D eigenvalue weighted by Crippen LogP contribution is -2.31. The first-order valence-corrected chi connectivity index (χ1v) is 8.18. The Morgan fingerprint density at radius 1 is 1.43 bits per heavy atom. The van der Waals surface area contributed by atoms with E-state index in [9.17, 15) is 10.2 Å². The summed E-state index contributed by atoms with van der Waals surface area (Å²) in [5.41, 5.74) is 1.02. The van der Waals surface area contributed by atoms with E-state index >= 15 is 0 Å². The highest BCUT2D eigenvalue weighted by Gasteiger charge is 2.55. The lowest BCUT2D eigenvalue weighted by Gasteiger charge is -2.21. The molecule has 3 rings (SSSR count). The molecule has 7 nitrogen and oxygen atoms in total. The predicted octanol–water partition coefficient (Wildman–Crippen LogP) is 1.58. The number of anilines is 1. The summed E-state index contributed by atoms with van der Waals surface area (Å²) in [7, 11) is 1.79. The average molecular weight is 321 g/mol. The van der Waals surface area contributed by atoms with E-state index in [1.807, 2.05) is 25.3 Å². The summed E-state index contributed by atoms with van der Waals surface area (Å²) in [6, 6.07) is 0. The zero-order valence-electron chi connectivity index (χ0n) is 14.5. The number of nitrogens with zero attached hydrogens (tertiary/aromatic N) is 4. The molecule has 3 unspecified atom stereocenters. The number of fused-ring (bicyclic) bond motifs is 1. The van der Waals surface area contributed by atoms with Gasteiger partial charge in [0.05, 0.1) is 25.6 Å². The summed E-state index contributed by atoms with van der Waals surface area (Å²) in [5, 5.41) is 23.0. The van der Waals surface area contributed by atoms with Crippen molar-refractivity contribution in [3.05, 3.63) is 12.2 Å². The Balaban J connectivity index is 0.000000924. The van der Waals surface area contributed by atoms with Gasteiger partial charge in [0.1, 0.15) is 11.3 Å². The molecule has 0 aromatic carbocycles. The second-order valence-corrected chi connectivity index (χ2v) is 5.95. The van der Waals surface area contributed by atoms with E-state index in [0.29, 0.717) is 35.3 Å². The average Bonchev–Trinajstić information content (AvgIpc) is 3.09. The van der Waals surface area contributed by atoms with Gasteiger partial charge in [0.2, 0.25) is 0 Å². The summed E-state index contributed by atoms with van der Waals surface area (Å²) in [6.07, 6.45) is 1.91. The van der Waals surface area contributed by atoms with Crippen LogP contribution >= 0.6 is 0 Å². The number of imidazole rings is 1. The van der Waals surface area contributed by atoms with Crippen molar-refractivity contribution >= 4 is 17.0 Å². The van der Waals surface area contributed by atoms with Gasteiger partial charge in [-0.2, -0.15) is 0 Å². The number of hydrogen-bond acceptors (Lipinski definition) is 6. The van der Waals surface area contributed by atoms with Crippen LogP contribution in [0.5, 0.6) is 0 Å². The minimum absolute atomic E-state index is 0.0116. The van der Waals surface area contributed by atoms with Crippen LogP contribution < -0.4 is 5.32 Å². The molecule has 0 aliphatic heterocycles. The summed E-state index contributed by atoms with van der Waals surface area (Å²) >= 11 is 0. The number of rotatable bonds is 5. The molecule has 2 aromatic heterocycles. The van der Waals surface area contributed by atoms with Crippen LogP contribution in [0.4, 0.5) is 5.82 Å². The Bertz CT molecular complexity index is 668. The van der Waals surface area contributed by atoms with Crippen molar-refractivity contribution in [2.45, 2.75) is 46.8 Å². The Morgan fingerprint density at radius 2 is 2.09 bits per heavy atom. The van der Waals surface area contributed by atoms with Crippen LogP contribution in [0.2, 0.25) is 0 Å². The van der Waals surface area contributed by atoms with Gasteiger partial charge in [0, 0.05) is 12.5 Å². The Hall–Kier alpha value is -1.73. The van der Waals surface area contributed by atoms with Gasteiger partial charge in [-0.1, -0.05) is 20.8 Å². The molecule has 7 heteroatoms. The maximum Gasteiger partial charge on any atom is 0.165 e. The molecule has 0 radical (unpaired) electrons. The fourth-order valence-corrected chi connectivity index (χ4v) is 3.03. The highest BCUT2D eigenvalue weighted by atomic mass is 16.3. The SMILES string of the molecule is CC.CNc1nc(C)nc2c1ncn2CC(O)C1(CO)CC1C. The maximum atomic E-state index is 10.5. The lowest BCUT2D eigenvalue weighted by molar-refractivity contribution is 0.0308. The number of hydrogen-bond donors (Lipinski definition) is 3. The molecule has 3 N–H and O–H groups in total. The van der Waals surface area contributed by atoms with E-state index in [-0.39, 0.29) is 12.0 Å². The van der Waals surface area contributed by atoms with Gasteiger partial charge in [-0.05, 0) is 19.3 Å². The molecule has 1 fully saturated rings. The first-order chi connectivity index (χ1) is 11.0. The van der Waals surface area contributed by atoms with Crippen molar-refractivity contribution in [1.82, 2.24) is 19.5 Å². The molecule has 0 spiro atoms. The molecule has 0 amide bonds. The standard InChI is InChI=1S/C14H21N5O2.C2H6/c1-8-4-14(8,6-20)10(21)5-19-7-16-11-12(15-3)17-9(2)18-13(11)19;1-2/h7-8,10,20-21H,4-6H2,1-3H3,(H,15,17,18);1-2H3. The van der Waals surface area contributed by atoms with E-state index in [1.54, 1.807) is 13.4 Å². The highest BCUT2D eigenvalue weighted by Crippen LogP contribution is 2.54. The van der Waals surface area contributed by atoms with Crippen LogP contribution in [0.1, 0.15) is 33.0 Å². The second-order valence-electron chi connectivity index (χ2n) is 5.95. The maximum absolute atomic E-state index is 10.5. The Morgan fingerprint density at radius 3 is 2.61 bits per heavy atom. The van der Waals surface area contributed by atoms with Crippen LogP contribution in [0.25, 0.3) is 11.2 Å². The molecular weight excluding hydrogens is 294 g/mol. The topological polar surface area (TPSA) is 96.1 Å². The zero-order valence-corrected chi connectivity index (χ0v) is 14.5. The number of aromatic nitrogens is 4. The van der Waals surface area contributed by atoms with Crippen molar-refractivity contribution < 1.29 is 10.2 Å². The number of nitrogens with one attached hydrogen (secondary N) is 1. The van der Waals surface area contributed by atoms with Crippen molar-refractivity contribution in [2.75, 3.05) is 19.0 Å². The molecule has 23 heavy (non-hydrogen) atoms. The lowest BCUT2D eigenvalue weighted by atomic mass is 9.97. The van der Waals surface area contributed by atoms with Crippen LogP contribution in [-0.2, 0) is 6.54 Å². The van der Waals surface area contributed by atoms with Gasteiger partial charge in [-0.15, -0.1) is 0 Å². The van der Waals surface area contributed by atoms with Crippen molar-refractivity contribution in [1.29, 1.82) is 0 Å². The van der Waals surface area contributed by atoms with Gasteiger partial charge >= 0.3 is 0 Å². The van der Waals surface area contributed by atoms with E-state index in [4.69, 9.17) is 0 Å². The Kier molecular flexibility index (Phi) is 5.21.